The van der Waals surface area contributed by atoms with Crippen molar-refractivity contribution in [3.63, 3.8) is 0 Å². The maximum absolute atomic E-state index is 14.1. The van der Waals surface area contributed by atoms with Gasteiger partial charge in [-0.05, 0) is 60.7 Å². The van der Waals surface area contributed by atoms with E-state index in [9.17, 15) is 63.3 Å². The predicted molar refractivity (Wildman–Crippen MR) is 229 cm³/mol. The molecule has 21 nitrogen and oxygen atoms in total. The lowest BCUT2D eigenvalue weighted by Crippen LogP contribution is -2.60. The topological polar surface area (TPSA) is 342 Å². The van der Waals surface area contributed by atoms with Crippen molar-refractivity contribution in [3.05, 3.63) is 101 Å². The molecule has 65 heavy (non-hydrogen) atoms. The van der Waals surface area contributed by atoms with Gasteiger partial charge in [0.1, 0.15) is 42.0 Å². The number of primary amides is 1. The molecule has 0 bridgehead atoms. The first-order valence-corrected chi connectivity index (χ1v) is 20.6. The van der Waals surface area contributed by atoms with Crippen molar-refractivity contribution < 1.29 is 63.3 Å². The summed E-state index contributed by atoms with van der Waals surface area (Å²) in [5.41, 5.74) is 6.84. The van der Waals surface area contributed by atoms with Crippen LogP contribution in [0.2, 0.25) is 0 Å². The van der Waals surface area contributed by atoms with Gasteiger partial charge < -0.3 is 58.3 Å². The lowest BCUT2D eigenvalue weighted by atomic mass is 10.0. The number of benzene rings is 3. The highest BCUT2D eigenvalue weighted by Crippen LogP contribution is 2.14. The van der Waals surface area contributed by atoms with Crippen LogP contribution in [0.5, 0.6) is 5.75 Å². The molecule has 1 aliphatic rings. The number of phenols is 1. The Bertz CT molecular complexity index is 2220. The zero-order valence-electron chi connectivity index (χ0n) is 35.3. The van der Waals surface area contributed by atoms with Crippen LogP contribution >= 0.6 is 0 Å². The number of amides is 8. The van der Waals surface area contributed by atoms with Crippen LogP contribution in [0.3, 0.4) is 0 Å². The van der Waals surface area contributed by atoms with Gasteiger partial charge in [0.25, 0.3) is 0 Å². The molecule has 0 spiro atoms. The van der Waals surface area contributed by atoms with E-state index >= 15 is 0 Å². The first kappa shape index (κ1) is 49.8. The van der Waals surface area contributed by atoms with E-state index in [0.717, 1.165) is 0 Å². The lowest BCUT2D eigenvalue weighted by molar-refractivity contribution is -0.138. The number of hydrogen-bond donors (Lipinski definition) is 11. The number of carboxylic acid groups (broad SMARTS) is 2. The molecule has 0 aliphatic carbocycles. The Morgan fingerprint density at radius 2 is 1.06 bits per heavy atom. The molecule has 0 aromatic heterocycles. The van der Waals surface area contributed by atoms with E-state index in [1.54, 1.807) is 30.3 Å². The van der Waals surface area contributed by atoms with Gasteiger partial charge in [-0.25, -0.2) is 4.79 Å². The van der Waals surface area contributed by atoms with E-state index in [4.69, 9.17) is 5.73 Å². The number of phenolic OH excluding ortho intramolecular Hbond substituents is 1. The van der Waals surface area contributed by atoms with Gasteiger partial charge in [-0.3, -0.25) is 43.2 Å². The molecule has 1 aliphatic heterocycles. The van der Waals surface area contributed by atoms with Crippen LogP contribution in [0.25, 0.3) is 0 Å². The lowest BCUT2D eigenvalue weighted by Gasteiger charge is -2.26. The molecular weight excluding hydrogens is 849 g/mol. The Morgan fingerprint density at radius 1 is 0.585 bits per heavy atom. The Hall–Kier alpha value is -7.84. The minimum absolute atomic E-state index is 0.0197. The molecule has 3 unspecified atom stereocenters. The third-order valence-electron chi connectivity index (χ3n) is 10.2. The van der Waals surface area contributed by atoms with Crippen LogP contribution in [0.15, 0.2) is 78.9 Å². The van der Waals surface area contributed by atoms with Gasteiger partial charge in [-0.15, -0.1) is 0 Å². The van der Waals surface area contributed by atoms with E-state index in [1.807, 2.05) is 0 Å². The van der Waals surface area contributed by atoms with Crippen molar-refractivity contribution >= 4 is 59.2 Å². The second-order valence-electron chi connectivity index (χ2n) is 15.4. The smallest absolute Gasteiger partial charge is 0.335 e. The van der Waals surface area contributed by atoms with Crippen LogP contribution in [-0.4, -0.2) is 117 Å². The third-order valence-corrected chi connectivity index (χ3v) is 10.2. The van der Waals surface area contributed by atoms with Gasteiger partial charge in [0.05, 0.1) is 12.0 Å². The van der Waals surface area contributed by atoms with Crippen LogP contribution in [0.1, 0.15) is 66.1 Å². The summed E-state index contributed by atoms with van der Waals surface area (Å²) in [5, 5.41) is 46.3. The van der Waals surface area contributed by atoms with Gasteiger partial charge in [0.2, 0.25) is 47.3 Å². The molecule has 4 rings (SSSR count). The van der Waals surface area contributed by atoms with Crippen molar-refractivity contribution in [2.75, 3.05) is 6.54 Å². The molecule has 12 N–H and O–H groups in total. The standard InChI is InChI=1S/C44H52N8O13/c1-24-38(58)50-33(20-25-6-3-2-4-7-25)42(62)51-31(21-26-9-13-28(14-10-26)44(64)65)39(59)46-19-5-8-36(55)48-34(23-35(45)54)43(63)49-30(17-18-37(56)57)40(60)52-32(41(61)47-24)22-27-11-15-29(53)16-12-27/h2-4,6-7,9-16,24,30-34,53H,5,8,17-23H2,1H3,(H2,45,54)(H,46,59)(H,47,61)(H,48,55)(H,49,63)(H,50,58)(H,51,62)(H,52,60)(H,56,57)(H,64,65)/t24-,30-,31-,32?,33?,34?/m0/s1. The van der Waals surface area contributed by atoms with E-state index < -0.39 is 115 Å². The fourth-order valence-electron chi connectivity index (χ4n) is 6.65. The van der Waals surface area contributed by atoms with Crippen molar-refractivity contribution in [2.45, 2.75) is 94.5 Å². The van der Waals surface area contributed by atoms with Crippen molar-refractivity contribution in [1.29, 1.82) is 0 Å². The fraction of sp³-hybridized carbons (Fsp3) is 0.364. The Kier molecular flexibility index (Phi) is 18.5. The second kappa shape index (κ2) is 24.1. The molecular formula is C44H52N8O13. The van der Waals surface area contributed by atoms with Gasteiger partial charge in [0.15, 0.2) is 0 Å². The van der Waals surface area contributed by atoms with Gasteiger partial charge in [-0.1, -0.05) is 54.6 Å². The molecule has 1 heterocycles. The van der Waals surface area contributed by atoms with Crippen molar-refractivity contribution in [1.82, 2.24) is 37.2 Å². The Morgan fingerprint density at radius 3 is 1.62 bits per heavy atom. The summed E-state index contributed by atoms with van der Waals surface area (Å²) in [6.07, 6.45) is -2.65. The number of aromatic carboxylic acids is 1. The molecule has 21 heteroatoms. The summed E-state index contributed by atoms with van der Waals surface area (Å²) in [6, 6.07) is 11.0. The minimum atomic E-state index is -1.64. The van der Waals surface area contributed by atoms with Crippen LogP contribution in [0, 0.1) is 0 Å². The monoisotopic (exact) mass is 900 g/mol. The van der Waals surface area contributed by atoms with Gasteiger partial charge in [-0.2, -0.15) is 0 Å². The maximum Gasteiger partial charge on any atom is 0.335 e. The molecule has 0 radical (unpaired) electrons. The molecule has 1 saturated heterocycles. The van der Waals surface area contributed by atoms with Crippen LogP contribution in [-0.2, 0) is 62.4 Å². The Labute approximate surface area is 372 Å². The summed E-state index contributed by atoms with van der Waals surface area (Å²) in [6.45, 7) is 1.18. The number of rotatable bonds is 12. The summed E-state index contributed by atoms with van der Waals surface area (Å²) in [7, 11) is 0. The number of aliphatic carboxylic acids is 1. The zero-order valence-corrected chi connectivity index (χ0v) is 35.3. The van der Waals surface area contributed by atoms with E-state index in [0.29, 0.717) is 16.7 Å². The second-order valence-corrected chi connectivity index (χ2v) is 15.4. The average Bonchev–Trinajstić information content (AvgIpc) is 3.26. The summed E-state index contributed by atoms with van der Waals surface area (Å²) < 4.78 is 0. The SMILES string of the molecule is C[C@@H]1NC(=O)C(Cc2ccc(O)cc2)NC(=O)[C@H](CCC(=O)O)NC(=O)C(CC(N)=O)NC(=O)CCCNC(=O)[C@H](Cc2ccc(C(=O)O)cc2)NC(=O)C(Cc2ccccc2)NC1=O. The summed E-state index contributed by atoms with van der Waals surface area (Å²) >= 11 is 0. The first-order chi connectivity index (χ1) is 30.9. The van der Waals surface area contributed by atoms with Crippen molar-refractivity contribution in [3.8, 4) is 5.75 Å². The fourth-order valence-corrected chi connectivity index (χ4v) is 6.65. The van der Waals surface area contributed by atoms with Crippen LogP contribution in [0.4, 0.5) is 0 Å². The van der Waals surface area contributed by atoms with Gasteiger partial charge >= 0.3 is 11.9 Å². The minimum Gasteiger partial charge on any atom is -0.508 e. The summed E-state index contributed by atoms with van der Waals surface area (Å²) in [5.74, 6) is -9.82. The number of carboxylic acids is 2. The molecule has 1 fully saturated rings. The Balaban J connectivity index is 1.72. The zero-order chi connectivity index (χ0) is 47.6. The molecule has 3 aromatic rings. The third kappa shape index (κ3) is 16.4. The quantitative estimate of drug-likeness (QED) is 0.101. The highest BCUT2D eigenvalue weighted by molar-refractivity contribution is 5.98. The summed E-state index contributed by atoms with van der Waals surface area (Å²) in [4.78, 5) is 131. The molecule has 0 saturated carbocycles. The highest BCUT2D eigenvalue weighted by atomic mass is 16.4. The normalized spacial score (nSPS) is 22.1. The molecule has 6 atom stereocenters. The molecule has 8 amide bonds. The number of nitrogens with one attached hydrogen (secondary N) is 7. The largest absolute Gasteiger partial charge is 0.508 e. The number of carbonyl (C=O) groups is 10. The van der Waals surface area contributed by atoms with E-state index in [-0.39, 0.29) is 50.0 Å². The number of aromatic hydroxyl groups is 1. The first-order valence-electron chi connectivity index (χ1n) is 20.6. The number of carbonyl (C=O) groups excluding carboxylic acids is 8. The number of hydrogen-bond acceptors (Lipinski definition) is 11. The molecule has 3 aromatic carbocycles. The molecule has 346 valence electrons. The highest BCUT2D eigenvalue weighted by Gasteiger charge is 2.33. The maximum atomic E-state index is 14.1. The van der Waals surface area contributed by atoms with E-state index in [2.05, 4.69) is 37.2 Å². The van der Waals surface area contributed by atoms with Crippen LogP contribution < -0.4 is 43.0 Å². The van der Waals surface area contributed by atoms with Gasteiger partial charge in [0, 0.05) is 38.6 Å². The van der Waals surface area contributed by atoms with Crippen molar-refractivity contribution in [2.24, 2.45) is 5.73 Å². The van der Waals surface area contributed by atoms with E-state index in [1.165, 1.54) is 55.5 Å². The predicted octanol–water partition coefficient (Wildman–Crippen LogP) is -1.30. The number of nitrogens with two attached hydrogens (primary N) is 1. The average molecular weight is 901 g/mol.